The third-order valence-electron chi connectivity index (χ3n) is 3.74. The van der Waals surface area contributed by atoms with Gasteiger partial charge in [0, 0.05) is 29.4 Å². The number of aromatic nitrogens is 1. The minimum Gasteiger partial charge on any atom is -0.494 e. The number of pyridine rings is 1. The predicted octanol–water partition coefficient (Wildman–Crippen LogP) is 3.37. The monoisotopic (exact) mass is 288 g/mol. The topological polar surface area (TPSA) is 54.4 Å². The van der Waals surface area contributed by atoms with Crippen molar-refractivity contribution in [2.24, 2.45) is 5.92 Å². The van der Waals surface area contributed by atoms with Crippen LogP contribution in [0.1, 0.15) is 26.0 Å². The van der Waals surface area contributed by atoms with E-state index in [9.17, 15) is 5.11 Å². The predicted molar refractivity (Wildman–Crippen MR) is 87.0 cm³/mol. The van der Waals surface area contributed by atoms with Crippen LogP contribution in [0.15, 0.2) is 24.3 Å². The van der Waals surface area contributed by atoms with E-state index >= 15 is 0 Å². The number of benzene rings is 1. The van der Waals surface area contributed by atoms with Crippen LogP contribution in [-0.4, -0.2) is 29.8 Å². The van der Waals surface area contributed by atoms with Crippen molar-refractivity contribution < 1.29 is 9.84 Å². The molecule has 0 radical (unpaired) electrons. The third kappa shape index (κ3) is 3.45. The van der Waals surface area contributed by atoms with Crippen LogP contribution in [-0.2, 0) is 0 Å². The number of nitrogens with zero attached hydrogens (tertiary/aromatic N) is 1. The molecule has 1 unspecified atom stereocenters. The molecule has 0 aliphatic heterocycles. The van der Waals surface area contributed by atoms with Gasteiger partial charge in [-0.25, -0.2) is 4.98 Å². The van der Waals surface area contributed by atoms with Gasteiger partial charge in [-0.15, -0.1) is 0 Å². The fraction of sp³-hybridized carbons (Fsp3) is 0.471. The molecule has 1 heterocycles. The quantitative estimate of drug-likeness (QED) is 0.855. The molecule has 0 aliphatic rings. The summed E-state index contributed by atoms with van der Waals surface area (Å²) in [5, 5.41) is 13.8. The molecule has 0 aliphatic carbocycles. The number of hydrogen-bond donors (Lipinski definition) is 2. The number of hydrogen-bond acceptors (Lipinski definition) is 4. The standard InChI is InChI=1S/C17H24N2O2/c1-11(2)14(8-9-20)19-15-10-12(3)18-17-13(15)6-5-7-16(17)21-4/h5-7,10-11,14,20H,8-9H2,1-4H3,(H,18,19). The van der Waals surface area contributed by atoms with Gasteiger partial charge in [-0.1, -0.05) is 26.0 Å². The molecule has 1 aromatic carbocycles. The Morgan fingerprint density at radius 2 is 2.10 bits per heavy atom. The minimum atomic E-state index is 0.182. The van der Waals surface area contributed by atoms with E-state index in [0.29, 0.717) is 5.92 Å². The molecule has 4 nitrogen and oxygen atoms in total. The van der Waals surface area contributed by atoms with E-state index in [0.717, 1.165) is 34.5 Å². The smallest absolute Gasteiger partial charge is 0.145 e. The normalized spacial score (nSPS) is 12.7. The Balaban J connectivity index is 2.48. The molecular weight excluding hydrogens is 264 g/mol. The first-order valence-electron chi connectivity index (χ1n) is 7.38. The van der Waals surface area contributed by atoms with Crippen molar-refractivity contribution >= 4 is 16.6 Å². The number of anilines is 1. The molecule has 2 rings (SSSR count). The van der Waals surface area contributed by atoms with Gasteiger partial charge in [0.15, 0.2) is 0 Å². The maximum Gasteiger partial charge on any atom is 0.145 e. The van der Waals surface area contributed by atoms with Gasteiger partial charge in [0.2, 0.25) is 0 Å². The van der Waals surface area contributed by atoms with E-state index in [4.69, 9.17) is 4.74 Å². The second-order valence-electron chi connectivity index (χ2n) is 5.67. The first-order chi connectivity index (χ1) is 10.1. The number of ether oxygens (including phenoxy) is 1. The number of methoxy groups -OCH3 is 1. The molecular formula is C17H24N2O2. The van der Waals surface area contributed by atoms with Gasteiger partial charge >= 0.3 is 0 Å². The number of fused-ring (bicyclic) bond motifs is 1. The molecule has 0 bridgehead atoms. The number of para-hydroxylation sites is 1. The fourth-order valence-electron chi connectivity index (χ4n) is 2.55. The molecule has 114 valence electrons. The highest BCUT2D eigenvalue weighted by Crippen LogP contribution is 2.31. The van der Waals surface area contributed by atoms with Crippen molar-refractivity contribution in [2.45, 2.75) is 33.2 Å². The Morgan fingerprint density at radius 3 is 2.71 bits per heavy atom. The summed E-state index contributed by atoms with van der Waals surface area (Å²) in [5.74, 6) is 1.22. The number of rotatable bonds is 6. The summed E-state index contributed by atoms with van der Waals surface area (Å²) in [6, 6.07) is 8.22. The van der Waals surface area contributed by atoms with Gasteiger partial charge in [0.05, 0.1) is 7.11 Å². The van der Waals surface area contributed by atoms with Crippen LogP contribution in [0.3, 0.4) is 0 Å². The van der Waals surface area contributed by atoms with Gasteiger partial charge in [0.1, 0.15) is 11.3 Å². The van der Waals surface area contributed by atoms with Gasteiger partial charge in [0.25, 0.3) is 0 Å². The van der Waals surface area contributed by atoms with Gasteiger partial charge in [-0.3, -0.25) is 0 Å². The zero-order valence-corrected chi connectivity index (χ0v) is 13.2. The summed E-state index contributed by atoms with van der Waals surface area (Å²) in [7, 11) is 1.66. The molecule has 4 heteroatoms. The van der Waals surface area contributed by atoms with Crippen molar-refractivity contribution in [3.05, 3.63) is 30.0 Å². The molecule has 21 heavy (non-hydrogen) atoms. The molecule has 2 aromatic rings. The summed E-state index contributed by atoms with van der Waals surface area (Å²) >= 11 is 0. The van der Waals surface area contributed by atoms with Crippen LogP contribution >= 0.6 is 0 Å². The molecule has 0 saturated carbocycles. The average Bonchev–Trinajstić information content (AvgIpc) is 2.45. The molecule has 2 N–H and O–H groups in total. The Morgan fingerprint density at radius 1 is 1.33 bits per heavy atom. The maximum atomic E-state index is 9.24. The number of aliphatic hydroxyl groups excluding tert-OH is 1. The van der Waals surface area contributed by atoms with E-state index in [1.807, 2.05) is 25.1 Å². The molecule has 1 atom stereocenters. The first-order valence-corrected chi connectivity index (χ1v) is 7.38. The Labute approximate surface area is 126 Å². The highest BCUT2D eigenvalue weighted by Gasteiger charge is 2.15. The number of aryl methyl sites for hydroxylation is 1. The molecule has 1 aromatic heterocycles. The summed E-state index contributed by atoms with van der Waals surface area (Å²) in [6.45, 7) is 6.48. The van der Waals surface area contributed by atoms with Crippen molar-refractivity contribution in [2.75, 3.05) is 19.0 Å². The lowest BCUT2D eigenvalue weighted by Gasteiger charge is -2.24. The lowest BCUT2D eigenvalue weighted by molar-refractivity contribution is 0.267. The van der Waals surface area contributed by atoms with Gasteiger partial charge < -0.3 is 15.2 Å². The van der Waals surface area contributed by atoms with Gasteiger partial charge in [-0.05, 0) is 31.4 Å². The van der Waals surface area contributed by atoms with Crippen molar-refractivity contribution in [3.8, 4) is 5.75 Å². The van der Waals surface area contributed by atoms with Crippen LogP contribution in [0.2, 0.25) is 0 Å². The molecule has 0 spiro atoms. The summed E-state index contributed by atoms with van der Waals surface area (Å²) in [6.07, 6.45) is 0.727. The Kier molecular flexibility index (Phi) is 5.02. The van der Waals surface area contributed by atoms with E-state index in [1.165, 1.54) is 0 Å². The fourth-order valence-corrected chi connectivity index (χ4v) is 2.55. The van der Waals surface area contributed by atoms with Crippen molar-refractivity contribution in [1.82, 2.24) is 4.98 Å². The summed E-state index contributed by atoms with van der Waals surface area (Å²) in [5.41, 5.74) is 2.86. The van der Waals surface area contributed by atoms with E-state index < -0.39 is 0 Å². The van der Waals surface area contributed by atoms with E-state index in [1.54, 1.807) is 7.11 Å². The van der Waals surface area contributed by atoms with Crippen LogP contribution in [0, 0.1) is 12.8 Å². The summed E-state index contributed by atoms with van der Waals surface area (Å²) in [4.78, 5) is 4.59. The zero-order valence-electron chi connectivity index (χ0n) is 13.2. The molecule has 0 amide bonds. The minimum absolute atomic E-state index is 0.182. The van der Waals surface area contributed by atoms with Crippen LogP contribution in [0.25, 0.3) is 10.9 Å². The first kappa shape index (κ1) is 15.6. The van der Waals surface area contributed by atoms with Crippen molar-refractivity contribution in [3.63, 3.8) is 0 Å². The second kappa shape index (κ2) is 6.76. The Bertz CT molecular complexity index is 611. The number of nitrogens with one attached hydrogen (secondary N) is 1. The summed E-state index contributed by atoms with van der Waals surface area (Å²) < 4.78 is 5.41. The van der Waals surface area contributed by atoms with Crippen LogP contribution in [0.5, 0.6) is 5.75 Å². The van der Waals surface area contributed by atoms with Crippen LogP contribution in [0.4, 0.5) is 5.69 Å². The van der Waals surface area contributed by atoms with Gasteiger partial charge in [-0.2, -0.15) is 0 Å². The SMILES string of the molecule is COc1cccc2c(NC(CCO)C(C)C)cc(C)nc12. The Hall–Kier alpha value is -1.81. The van der Waals surface area contributed by atoms with Crippen molar-refractivity contribution in [1.29, 1.82) is 0 Å². The highest BCUT2D eigenvalue weighted by molar-refractivity contribution is 5.95. The highest BCUT2D eigenvalue weighted by atomic mass is 16.5. The maximum absolute atomic E-state index is 9.24. The molecule has 0 fully saturated rings. The third-order valence-corrected chi connectivity index (χ3v) is 3.74. The van der Waals surface area contributed by atoms with E-state index in [-0.39, 0.29) is 12.6 Å². The number of aliphatic hydroxyl groups is 1. The van der Waals surface area contributed by atoms with Crippen LogP contribution < -0.4 is 10.1 Å². The average molecular weight is 288 g/mol. The molecule has 0 saturated heterocycles. The largest absolute Gasteiger partial charge is 0.494 e. The second-order valence-corrected chi connectivity index (χ2v) is 5.67. The lowest BCUT2D eigenvalue weighted by Crippen LogP contribution is -2.27. The lowest BCUT2D eigenvalue weighted by atomic mass is 10.0. The zero-order chi connectivity index (χ0) is 15.4. The van der Waals surface area contributed by atoms with E-state index in [2.05, 4.69) is 30.2 Å².